The number of benzene rings is 1. The predicted molar refractivity (Wildman–Crippen MR) is 81.4 cm³/mol. The highest BCUT2D eigenvalue weighted by atomic mass is 79.9. The van der Waals surface area contributed by atoms with Gasteiger partial charge >= 0.3 is 12.0 Å². The Labute approximate surface area is 130 Å². The molecule has 21 heavy (non-hydrogen) atoms. The number of aromatic carboxylic acids is 1. The molecule has 0 aliphatic rings. The fourth-order valence-electron chi connectivity index (χ4n) is 1.43. The molecular formula is C13H16BrN3O4. The maximum absolute atomic E-state index is 12.0. The summed E-state index contributed by atoms with van der Waals surface area (Å²) in [5.74, 6) is -1.39. The molecule has 0 fully saturated rings. The molecule has 0 radical (unpaired) electrons. The average molecular weight is 358 g/mol. The molecule has 3 amide bonds. The molecule has 0 aliphatic heterocycles. The summed E-state index contributed by atoms with van der Waals surface area (Å²) in [4.78, 5) is 37.2. The Morgan fingerprint density at radius 1 is 1.24 bits per heavy atom. The molecule has 1 aromatic carbocycles. The van der Waals surface area contributed by atoms with Crippen LogP contribution in [0.4, 0.5) is 10.5 Å². The summed E-state index contributed by atoms with van der Waals surface area (Å²) < 4.78 is 0.592. The van der Waals surface area contributed by atoms with E-state index < -0.39 is 12.0 Å². The summed E-state index contributed by atoms with van der Waals surface area (Å²) in [7, 11) is 4.63. The van der Waals surface area contributed by atoms with Gasteiger partial charge in [0.25, 0.3) is 0 Å². The Balaban J connectivity index is 2.84. The van der Waals surface area contributed by atoms with Crippen LogP contribution in [0.25, 0.3) is 0 Å². The monoisotopic (exact) mass is 357 g/mol. The van der Waals surface area contributed by atoms with E-state index in [0.29, 0.717) is 4.47 Å². The first-order valence-corrected chi connectivity index (χ1v) is 6.76. The minimum atomic E-state index is -1.15. The molecule has 0 bridgehead atoms. The summed E-state index contributed by atoms with van der Waals surface area (Å²) in [5, 5.41) is 11.6. The van der Waals surface area contributed by atoms with Gasteiger partial charge in [0, 0.05) is 25.6 Å². The lowest BCUT2D eigenvalue weighted by Gasteiger charge is -2.20. The number of nitrogens with zero attached hydrogens (tertiary/aromatic N) is 2. The van der Waals surface area contributed by atoms with Crippen molar-refractivity contribution in [1.29, 1.82) is 0 Å². The Bertz CT molecular complexity index is 575. The van der Waals surface area contributed by atoms with Crippen LogP contribution >= 0.6 is 15.9 Å². The van der Waals surface area contributed by atoms with Crippen molar-refractivity contribution < 1.29 is 19.5 Å². The van der Waals surface area contributed by atoms with Gasteiger partial charge in [-0.3, -0.25) is 4.79 Å². The largest absolute Gasteiger partial charge is 0.478 e. The van der Waals surface area contributed by atoms with Crippen LogP contribution in [0.3, 0.4) is 0 Å². The number of halogens is 1. The van der Waals surface area contributed by atoms with Crippen LogP contribution in [0.2, 0.25) is 0 Å². The molecule has 8 heteroatoms. The average Bonchev–Trinajstić information content (AvgIpc) is 2.40. The summed E-state index contributed by atoms with van der Waals surface area (Å²) in [6.45, 7) is -0.0994. The molecule has 0 aromatic heterocycles. The maximum Gasteiger partial charge on any atom is 0.337 e. The molecule has 0 heterocycles. The number of likely N-dealkylation sites (N-methyl/N-ethyl adjacent to an activating group) is 2. The Hall–Kier alpha value is -2.09. The second kappa shape index (κ2) is 7.07. The van der Waals surface area contributed by atoms with Crippen LogP contribution in [0.15, 0.2) is 22.7 Å². The van der Waals surface area contributed by atoms with Crippen LogP contribution < -0.4 is 5.32 Å². The second-order valence-electron chi connectivity index (χ2n) is 4.57. The number of carbonyl (C=O) groups is 3. The van der Waals surface area contributed by atoms with E-state index in [0.717, 1.165) is 0 Å². The van der Waals surface area contributed by atoms with Gasteiger partial charge < -0.3 is 20.2 Å². The molecule has 0 spiro atoms. The normalized spacial score (nSPS) is 9.90. The highest BCUT2D eigenvalue weighted by Gasteiger charge is 2.17. The number of rotatable bonds is 4. The van der Waals surface area contributed by atoms with E-state index in [4.69, 9.17) is 5.11 Å². The van der Waals surface area contributed by atoms with Gasteiger partial charge in [-0.25, -0.2) is 9.59 Å². The number of hydrogen-bond acceptors (Lipinski definition) is 3. The number of carbonyl (C=O) groups excluding carboxylic acids is 2. The summed E-state index contributed by atoms with van der Waals surface area (Å²) in [5.41, 5.74) is 0.130. The van der Waals surface area contributed by atoms with Crippen LogP contribution in [-0.4, -0.2) is 60.5 Å². The molecule has 114 valence electrons. The van der Waals surface area contributed by atoms with Gasteiger partial charge in [0.1, 0.15) is 6.54 Å². The van der Waals surface area contributed by atoms with E-state index in [2.05, 4.69) is 21.2 Å². The van der Waals surface area contributed by atoms with Gasteiger partial charge in [-0.2, -0.15) is 0 Å². The summed E-state index contributed by atoms with van der Waals surface area (Å²) in [6, 6.07) is 3.93. The van der Waals surface area contributed by atoms with E-state index >= 15 is 0 Å². The fraction of sp³-hybridized carbons (Fsp3) is 0.308. The van der Waals surface area contributed by atoms with Crippen molar-refractivity contribution >= 4 is 39.5 Å². The molecule has 0 saturated carbocycles. The van der Waals surface area contributed by atoms with Crippen molar-refractivity contribution in [2.45, 2.75) is 0 Å². The Kier molecular flexibility index (Phi) is 5.71. The second-order valence-corrected chi connectivity index (χ2v) is 5.49. The minimum absolute atomic E-state index is 0.0370. The van der Waals surface area contributed by atoms with E-state index in [9.17, 15) is 14.4 Å². The van der Waals surface area contributed by atoms with Gasteiger partial charge in [0.15, 0.2) is 0 Å². The zero-order valence-electron chi connectivity index (χ0n) is 11.9. The van der Waals surface area contributed by atoms with Crippen molar-refractivity contribution in [2.24, 2.45) is 0 Å². The SMILES string of the molecule is CN(C)C(=O)CN(C)C(=O)Nc1ccc(Br)cc1C(=O)O. The van der Waals surface area contributed by atoms with Gasteiger partial charge in [-0.15, -0.1) is 0 Å². The lowest BCUT2D eigenvalue weighted by molar-refractivity contribution is -0.129. The number of hydrogen-bond donors (Lipinski definition) is 2. The topological polar surface area (TPSA) is 90.0 Å². The lowest BCUT2D eigenvalue weighted by atomic mass is 10.2. The van der Waals surface area contributed by atoms with Gasteiger partial charge in [0.05, 0.1) is 11.3 Å². The molecule has 0 atom stereocenters. The number of nitrogens with one attached hydrogen (secondary N) is 1. The summed E-state index contributed by atoms with van der Waals surface area (Å²) >= 11 is 3.17. The predicted octanol–water partition coefficient (Wildman–Crippen LogP) is 1.70. The molecule has 2 N–H and O–H groups in total. The van der Waals surface area contributed by atoms with E-state index in [1.807, 2.05) is 0 Å². The third-order valence-corrected chi connectivity index (χ3v) is 3.16. The minimum Gasteiger partial charge on any atom is -0.478 e. The lowest BCUT2D eigenvalue weighted by Crippen LogP contribution is -2.40. The first kappa shape index (κ1) is 17.0. The molecule has 0 aliphatic carbocycles. The Morgan fingerprint density at radius 3 is 2.38 bits per heavy atom. The van der Waals surface area contributed by atoms with Crippen molar-refractivity contribution in [3.63, 3.8) is 0 Å². The number of amides is 3. The maximum atomic E-state index is 12.0. The number of carboxylic acids is 1. The zero-order chi connectivity index (χ0) is 16.2. The van der Waals surface area contributed by atoms with Crippen molar-refractivity contribution in [3.05, 3.63) is 28.2 Å². The first-order chi connectivity index (χ1) is 9.72. The number of urea groups is 1. The highest BCUT2D eigenvalue weighted by Crippen LogP contribution is 2.21. The number of anilines is 1. The molecule has 7 nitrogen and oxygen atoms in total. The van der Waals surface area contributed by atoms with Crippen LogP contribution in [-0.2, 0) is 4.79 Å². The van der Waals surface area contributed by atoms with Crippen molar-refractivity contribution in [2.75, 3.05) is 33.0 Å². The van der Waals surface area contributed by atoms with Crippen LogP contribution in [0, 0.1) is 0 Å². The Morgan fingerprint density at radius 2 is 1.86 bits per heavy atom. The summed E-state index contributed by atoms with van der Waals surface area (Å²) in [6.07, 6.45) is 0. The molecule has 1 rings (SSSR count). The van der Waals surface area contributed by atoms with E-state index in [1.54, 1.807) is 20.2 Å². The third kappa shape index (κ3) is 4.75. The van der Waals surface area contributed by atoms with E-state index in [1.165, 1.54) is 29.0 Å². The van der Waals surface area contributed by atoms with Crippen molar-refractivity contribution in [1.82, 2.24) is 9.80 Å². The zero-order valence-corrected chi connectivity index (χ0v) is 13.5. The van der Waals surface area contributed by atoms with Crippen molar-refractivity contribution in [3.8, 4) is 0 Å². The van der Waals surface area contributed by atoms with E-state index in [-0.39, 0.29) is 23.7 Å². The molecule has 0 unspecified atom stereocenters. The molecule has 0 saturated heterocycles. The highest BCUT2D eigenvalue weighted by molar-refractivity contribution is 9.10. The van der Waals surface area contributed by atoms with Gasteiger partial charge in [-0.05, 0) is 18.2 Å². The number of carboxylic acid groups (broad SMARTS) is 1. The third-order valence-electron chi connectivity index (χ3n) is 2.67. The quantitative estimate of drug-likeness (QED) is 0.857. The molecular weight excluding hydrogens is 342 g/mol. The standard InChI is InChI=1S/C13H16BrN3O4/c1-16(2)11(18)7-17(3)13(21)15-10-5-4-8(14)6-9(10)12(19)20/h4-6H,7H2,1-3H3,(H,15,21)(H,19,20). The fourth-order valence-corrected chi connectivity index (χ4v) is 1.79. The first-order valence-electron chi connectivity index (χ1n) is 5.97. The van der Waals surface area contributed by atoms with Gasteiger partial charge in [-0.1, -0.05) is 15.9 Å². The van der Waals surface area contributed by atoms with Gasteiger partial charge in [0.2, 0.25) is 5.91 Å². The van der Waals surface area contributed by atoms with Crippen LogP contribution in [0.5, 0.6) is 0 Å². The smallest absolute Gasteiger partial charge is 0.337 e. The molecule has 1 aromatic rings. The van der Waals surface area contributed by atoms with Crippen LogP contribution in [0.1, 0.15) is 10.4 Å².